The second-order valence-corrected chi connectivity index (χ2v) is 7.25. The second-order valence-electron chi connectivity index (χ2n) is 7.25. The molecule has 0 spiro atoms. The standard InChI is InChI=1S/C14H19F3.C6H10O.C5H10.C2H6/c1-3-7-11(8-4-2)12-9-5-6-10-13(12)14(15,16)17;1-4-5(2)6(3)7;1-4-5(2)3;1-2/h5-6,9-11H,3-4,7-8H2,1-2H3;4H,1-3H3;4H,1-3H3;1-2H3/b;5-4+;;. The predicted molar refractivity (Wildman–Crippen MR) is 131 cm³/mol. The van der Waals surface area contributed by atoms with Crippen LogP contribution >= 0.6 is 0 Å². The van der Waals surface area contributed by atoms with E-state index in [1.807, 2.05) is 54.5 Å². The van der Waals surface area contributed by atoms with Gasteiger partial charge in [-0.2, -0.15) is 13.2 Å². The van der Waals surface area contributed by atoms with E-state index in [0.29, 0.717) is 5.56 Å². The SMILES string of the molecule is C/C=C(\C)C(C)=O.CC.CC=C(C)C.CCCC(CCC)c1ccccc1C(F)(F)F. The molecule has 0 radical (unpaired) electrons. The van der Waals surface area contributed by atoms with Gasteiger partial charge in [-0.25, -0.2) is 0 Å². The van der Waals surface area contributed by atoms with Crippen molar-refractivity contribution >= 4 is 5.78 Å². The number of carbonyl (C=O) groups excluding carboxylic acids is 1. The summed E-state index contributed by atoms with van der Waals surface area (Å²) in [6, 6.07) is 5.97. The Morgan fingerprint density at radius 2 is 1.32 bits per heavy atom. The van der Waals surface area contributed by atoms with E-state index in [9.17, 15) is 18.0 Å². The summed E-state index contributed by atoms with van der Waals surface area (Å²) in [5, 5.41) is 0. The third kappa shape index (κ3) is 17.5. The van der Waals surface area contributed by atoms with Gasteiger partial charge in [-0.1, -0.05) is 76.5 Å². The van der Waals surface area contributed by atoms with Gasteiger partial charge in [0.25, 0.3) is 0 Å². The Hall–Kier alpha value is -1.84. The summed E-state index contributed by atoms with van der Waals surface area (Å²) in [6.45, 7) is 19.5. The van der Waals surface area contributed by atoms with Gasteiger partial charge in [0.2, 0.25) is 0 Å². The molecular weight excluding hydrogens is 397 g/mol. The fourth-order valence-corrected chi connectivity index (χ4v) is 2.47. The van der Waals surface area contributed by atoms with E-state index in [2.05, 4.69) is 19.9 Å². The minimum Gasteiger partial charge on any atom is -0.295 e. The van der Waals surface area contributed by atoms with Crippen LogP contribution in [0.2, 0.25) is 0 Å². The first-order chi connectivity index (χ1) is 14.5. The Kier molecular flexibility index (Phi) is 21.9. The van der Waals surface area contributed by atoms with Gasteiger partial charge < -0.3 is 0 Å². The normalized spacial score (nSPS) is 10.6. The van der Waals surface area contributed by atoms with E-state index in [1.54, 1.807) is 19.1 Å². The average molecular weight is 443 g/mol. The van der Waals surface area contributed by atoms with Crippen molar-refractivity contribution < 1.29 is 18.0 Å². The highest BCUT2D eigenvalue weighted by atomic mass is 19.4. The van der Waals surface area contributed by atoms with Gasteiger partial charge in [0.1, 0.15) is 0 Å². The first kappa shape index (κ1) is 33.8. The number of alkyl halides is 3. The van der Waals surface area contributed by atoms with Crippen molar-refractivity contribution in [3.63, 3.8) is 0 Å². The number of allylic oxidation sites excluding steroid dienone is 4. The summed E-state index contributed by atoms with van der Waals surface area (Å²) >= 11 is 0. The maximum atomic E-state index is 12.9. The van der Waals surface area contributed by atoms with Crippen LogP contribution in [0.15, 0.2) is 47.6 Å². The monoisotopic (exact) mass is 442 g/mol. The van der Waals surface area contributed by atoms with Crippen LogP contribution in [0.4, 0.5) is 13.2 Å². The smallest absolute Gasteiger partial charge is 0.295 e. The van der Waals surface area contributed by atoms with Gasteiger partial charge in [0, 0.05) is 0 Å². The van der Waals surface area contributed by atoms with Crippen molar-refractivity contribution in [2.45, 2.75) is 107 Å². The Morgan fingerprint density at radius 1 is 0.903 bits per heavy atom. The lowest BCUT2D eigenvalue weighted by Crippen LogP contribution is -2.12. The third-order valence-corrected chi connectivity index (χ3v) is 4.55. The minimum atomic E-state index is -4.24. The molecular formula is C27H45F3O. The average Bonchev–Trinajstić information content (AvgIpc) is 2.74. The topological polar surface area (TPSA) is 17.1 Å². The minimum absolute atomic E-state index is 0.0304. The first-order valence-corrected chi connectivity index (χ1v) is 11.3. The fourth-order valence-electron chi connectivity index (χ4n) is 2.47. The molecule has 1 nitrogen and oxygen atoms in total. The van der Waals surface area contributed by atoms with Crippen molar-refractivity contribution in [3.05, 3.63) is 58.7 Å². The highest BCUT2D eigenvalue weighted by Crippen LogP contribution is 2.38. The van der Waals surface area contributed by atoms with Crippen LogP contribution in [0.1, 0.15) is 112 Å². The van der Waals surface area contributed by atoms with E-state index in [-0.39, 0.29) is 11.7 Å². The number of hydrogen-bond donors (Lipinski definition) is 0. The summed E-state index contributed by atoms with van der Waals surface area (Å²) < 4.78 is 38.7. The van der Waals surface area contributed by atoms with Gasteiger partial charge in [-0.15, -0.1) is 0 Å². The lowest BCUT2D eigenvalue weighted by molar-refractivity contribution is -0.138. The van der Waals surface area contributed by atoms with Crippen molar-refractivity contribution in [1.82, 2.24) is 0 Å². The van der Waals surface area contributed by atoms with Crippen LogP contribution in [0, 0.1) is 0 Å². The Labute approximate surface area is 189 Å². The highest BCUT2D eigenvalue weighted by Gasteiger charge is 2.34. The molecule has 1 aromatic rings. The first-order valence-electron chi connectivity index (χ1n) is 11.3. The molecule has 0 atom stereocenters. The third-order valence-electron chi connectivity index (χ3n) is 4.55. The number of Topliss-reactive ketones (excluding diaryl/α,β-unsaturated/α-hetero) is 1. The maximum absolute atomic E-state index is 12.9. The molecule has 0 heterocycles. The zero-order chi connectivity index (χ0) is 25.0. The zero-order valence-electron chi connectivity index (χ0n) is 21.4. The largest absolute Gasteiger partial charge is 0.416 e. The number of ketones is 1. The summed E-state index contributed by atoms with van der Waals surface area (Å²) in [5.74, 6) is 0.185. The maximum Gasteiger partial charge on any atom is 0.416 e. The van der Waals surface area contributed by atoms with Crippen molar-refractivity contribution in [1.29, 1.82) is 0 Å². The van der Waals surface area contributed by atoms with Gasteiger partial charge in [-0.3, -0.25) is 4.79 Å². The number of halogens is 3. The Morgan fingerprint density at radius 3 is 1.58 bits per heavy atom. The van der Waals surface area contributed by atoms with Crippen molar-refractivity contribution in [2.75, 3.05) is 0 Å². The zero-order valence-corrected chi connectivity index (χ0v) is 21.4. The van der Waals surface area contributed by atoms with E-state index in [4.69, 9.17) is 0 Å². The molecule has 0 aromatic heterocycles. The van der Waals surface area contributed by atoms with Gasteiger partial charge in [0.15, 0.2) is 5.78 Å². The fraction of sp³-hybridized carbons (Fsp3) is 0.593. The number of carbonyl (C=O) groups is 1. The predicted octanol–water partition coefficient (Wildman–Crippen LogP) is 9.93. The van der Waals surface area contributed by atoms with Crippen LogP contribution in [0.3, 0.4) is 0 Å². The van der Waals surface area contributed by atoms with Crippen LogP contribution in [-0.4, -0.2) is 5.78 Å². The molecule has 0 saturated carbocycles. The highest BCUT2D eigenvalue weighted by molar-refractivity contribution is 5.92. The molecule has 0 fully saturated rings. The molecule has 0 aliphatic rings. The Bertz CT molecular complexity index is 630. The molecule has 31 heavy (non-hydrogen) atoms. The lowest BCUT2D eigenvalue weighted by Gasteiger charge is -2.20. The molecule has 0 amide bonds. The second kappa shape index (κ2) is 20.1. The molecule has 0 unspecified atom stereocenters. The van der Waals surface area contributed by atoms with Gasteiger partial charge in [-0.05, 0) is 77.5 Å². The molecule has 0 N–H and O–H groups in total. The summed E-state index contributed by atoms with van der Waals surface area (Å²) in [7, 11) is 0. The van der Waals surface area contributed by atoms with E-state index >= 15 is 0 Å². The molecule has 4 heteroatoms. The molecule has 1 rings (SSSR count). The van der Waals surface area contributed by atoms with E-state index < -0.39 is 11.7 Å². The Balaban J connectivity index is -0.000000463. The summed E-state index contributed by atoms with van der Waals surface area (Å²) in [4.78, 5) is 10.3. The van der Waals surface area contributed by atoms with Crippen LogP contribution in [0.25, 0.3) is 0 Å². The lowest BCUT2D eigenvalue weighted by atomic mass is 9.87. The number of rotatable bonds is 6. The molecule has 0 aliphatic carbocycles. The van der Waals surface area contributed by atoms with Crippen molar-refractivity contribution in [2.24, 2.45) is 0 Å². The van der Waals surface area contributed by atoms with E-state index in [0.717, 1.165) is 31.3 Å². The van der Waals surface area contributed by atoms with Gasteiger partial charge >= 0.3 is 6.18 Å². The molecule has 180 valence electrons. The molecule has 0 saturated heterocycles. The quantitative estimate of drug-likeness (QED) is 0.316. The van der Waals surface area contributed by atoms with Crippen molar-refractivity contribution in [3.8, 4) is 0 Å². The van der Waals surface area contributed by atoms with E-state index in [1.165, 1.54) is 17.7 Å². The molecule has 0 aliphatic heterocycles. The summed E-state index contributed by atoms with van der Waals surface area (Å²) in [6.07, 6.45) is 3.12. The van der Waals surface area contributed by atoms with Crippen LogP contribution < -0.4 is 0 Å². The van der Waals surface area contributed by atoms with Crippen LogP contribution in [-0.2, 0) is 11.0 Å². The summed E-state index contributed by atoms with van der Waals surface area (Å²) in [5.41, 5.74) is 2.21. The number of benzene rings is 1. The van der Waals surface area contributed by atoms with Crippen LogP contribution in [0.5, 0.6) is 0 Å². The molecule has 0 bridgehead atoms. The molecule has 1 aromatic carbocycles. The van der Waals surface area contributed by atoms with Gasteiger partial charge in [0.05, 0.1) is 5.56 Å². The number of hydrogen-bond acceptors (Lipinski definition) is 1.